The number of nitrogens with one attached hydrogen (secondary N) is 1. The third kappa shape index (κ3) is 5.24. The molecule has 130 valence electrons. The minimum Gasteiger partial charge on any atom is -0.493 e. The van der Waals surface area contributed by atoms with Crippen molar-refractivity contribution in [2.75, 3.05) is 20.3 Å². The first-order chi connectivity index (χ1) is 10.8. The van der Waals surface area contributed by atoms with E-state index in [0.29, 0.717) is 30.0 Å². The van der Waals surface area contributed by atoms with Crippen molar-refractivity contribution in [1.29, 1.82) is 0 Å². The van der Waals surface area contributed by atoms with Crippen molar-refractivity contribution < 1.29 is 29.6 Å². The highest BCUT2D eigenvalue weighted by Crippen LogP contribution is 2.27. The fourth-order valence-electron chi connectivity index (χ4n) is 2.49. The first-order valence-corrected chi connectivity index (χ1v) is 7.42. The number of aliphatic hydroxyl groups excluding tert-OH is 1. The van der Waals surface area contributed by atoms with Crippen LogP contribution in [0.15, 0.2) is 16.4 Å². The molecule has 1 aliphatic carbocycles. The van der Waals surface area contributed by atoms with Gasteiger partial charge in [-0.1, -0.05) is 13.8 Å². The Morgan fingerprint density at radius 1 is 1.35 bits per heavy atom. The number of aliphatic hydroxyl groups is 1. The second-order valence-corrected chi connectivity index (χ2v) is 5.83. The summed E-state index contributed by atoms with van der Waals surface area (Å²) >= 11 is 0. The maximum absolute atomic E-state index is 11.4. The minimum absolute atomic E-state index is 0.103. The molecule has 0 saturated carbocycles. The van der Waals surface area contributed by atoms with Gasteiger partial charge in [0.05, 0.1) is 18.5 Å². The maximum Gasteiger partial charge on any atom is 0.326 e. The van der Waals surface area contributed by atoms with Crippen LogP contribution in [0.2, 0.25) is 0 Å². The number of aliphatic imine (C=N–C) groups is 1. The van der Waals surface area contributed by atoms with E-state index in [9.17, 15) is 19.8 Å². The highest BCUT2D eigenvalue weighted by molar-refractivity contribution is 6.00. The fraction of sp³-hybridized carbons (Fsp3) is 0.667. The number of carbonyl (C=O) groups is 2. The highest BCUT2D eigenvalue weighted by Gasteiger charge is 2.30. The Bertz CT molecular complexity index is 512. The van der Waals surface area contributed by atoms with Gasteiger partial charge in [-0.3, -0.25) is 9.79 Å². The van der Waals surface area contributed by atoms with E-state index in [1.54, 1.807) is 13.8 Å². The quantitative estimate of drug-likeness (QED) is 0.510. The van der Waals surface area contributed by atoms with Gasteiger partial charge in [0, 0.05) is 6.61 Å². The predicted molar refractivity (Wildman–Crippen MR) is 83.2 cm³/mol. The fourth-order valence-corrected chi connectivity index (χ4v) is 2.49. The number of carboxylic acids is 2. The summed E-state index contributed by atoms with van der Waals surface area (Å²) in [6, 6.07) is -0.812. The van der Waals surface area contributed by atoms with Crippen LogP contribution in [0, 0.1) is 11.8 Å². The Kier molecular flexibility index (Phi) is 7.02. The van der Waals surface area contributed by atoms with Crippen molar-refractivity contribution in [2.24, 2.45) is 16.8 Å². The van der Waals surface area contributed by atoms with Crippen LogP contribution in [0.4, 0.5) is 0 Å². The molecule has 0 saturated heterocycles. The molecular formula is C15H24N2O6. The molecule has 1 aliphatic rings. The molecule has 1 rings (SSSR count). The number of nitrogens with zero attached hydrogens (tertiary/aromatic N) is 1. The lowest BCUT2D eigenvalue weighted by Gasteiger charge is -2.30. The average Bonchev–Trinajstić information content (AvgIpc) is 2.48. The molecule has 0 aromatic heterocycles. The molecule has 0 aliphatic heterocycles. The second kappa shape index (κ2) is 8.52. The maximum atomic E-state index is 11.4. The summed E-state index contributed by atoms with van der Waals surface area (Å²) in [5.41, 5.74) is 0.957. The van der Waals surface area contributed by atoms with Crippen LogP contribution in [-0.2, 0) is 14.3 Å². The smallest absolute Gasteiger partial charge is 0.326 e. The van der Waals surface area contributed by atoms with Crippen LogP contribution in [0.1, 0.15) is 26.7 Å². The zero-order valence-electron chi connectivity index (χ0n) is 13.6. The lowest BCUT2D eigenvalue weighted by atomic mass is 9.89. The SMILES string of the molecule is COC1=C(NC(C(=O)O)C(C)C)CC(CO)CC1=NCC(=O)O. The van der Waals surface area contributed by atoms with Gasteiger partial charge in [-0.25, -0.2) is 4.79 Å². The number of hydrogen-bond donors (Lipinski definition) is 4. The van der Waals surface area contributed by atoms with Crippen LogP contribution in [0.3, 0.4) is 0 Å². The Balaban J connectivity index is 3.17. The third-order valence-electron chi connectivity index (χ3n) is 3.64. The summed E-state index contributed by atoms with van der Waals surface area (Å²) in [6.07, 6.45) is 0.805. The van der Waals surface area contributed by atoms with Crippen molar-refractivity contribution in [1.82, 2.24) is 5.32 Å². The van der Waals surface area contributed by atoms with Gasteiger partial charge < -0.3 is 25.4 Å². The van der Waals surface area contributed by atoms with Crippen molar-refractivity contribution in [3.05, 3.63) is 11.5 Å². The Morgan fingerprint density at radius 2 is 2.00 bits per heavy atom. The summed E-state index contributed by atoms with van der Waals surface area (Å²) in [7, 11) is 1.43. The summed E-state index contributed by atoms with van der Waals surface area (Å²) in [5, 5.41) is 30.5. The topological polar surface area (TPSA) is 128 Å². The molecule has 0 aromatic rings. The number of ether oxygens (including phenoxy) is 1. The zero-order valence-corrected chi connectivity index (χ0v) is 13.6. The molecule has 0 amide bonds. The molecule has 0 fully saturated rings. The molecule has 0 heterocycles. The van der Waals surface area contributed by atoms with E-state index in [1.165, 1.54) is 7.11 Å². The van der Waals surface area contributed by atoms with Crippen LogP contribution in [0.25, 0.3) is 0 Å². The molecule has 8 nitrogen and oxygen atoms in total. The normalized spacial score (nSPS) is 21.4. The second-order valence-electron chi connectivity index (χ2n) is 5.83. The van der Waals surface area contributed by atoms with E-state index in [4.69, 9.17) is 9.84 Å². The van der Waals surface area contributed by atoms with Crippen molar-refractivity contribution in [2.45, 2.75) is 32.7 Å². The summed E-state index contributed by atoms with van der Waals surface area (Å²) in [4.78, 5) is 26.1. The number of aliphatic carboxylic acids is 2. The monoisotopic (exact) mass is 328 g/mol. The summed E-state index contributed by atoms with van der Waals surface area (Å²) in [6.45, 7) is 3.06. The van der Waals surface area contributed by atoms with Gasteiger partial charge in [0.1, 0.15) is 12.6 Å². The van der Waals surface area contributed by atoms with Crippen LogP contribution in [0.5, 0.6) is 0 Å². The largest absolute Gasteiger partial charge is 0.493 e. The number of rotatable bonds is 8. The van der Waals surface area contributed by atoms with E-state index in [1.807, 2.05) is 0 Å². The predicted octanol–water partition coefficient (Wildman–Crippen LogP) is 0.471. The van der Waals surface area contributed by atoms with E-state index < -0.39 is 24.5 Å². The lowest BCUT2D eigenvalue weighted by Crippen LogP contribution is -2.43. The van der Waals surface area contributed by atoms with Crippen molar-refractivity contribution >= 4 is 17.7 Å². The van der Waals surface area contributed by atoms with E-state index in [0.717, 1.165) is 0 Å². The Morgan fingerprint density at radius 3 is 2.43 bits per heavy atom. The van der Waals surface area contributed by atoms with Crippen molar-refractivity contribution in [3.63, 3.8) is 0 Å². The molecule has 4 N–H and O–H groups in total. The van der Waals surface area contributed by atoms with Crippen LogP contribution >= 0.6 is 0 Å². The van der Waals surface area contributed by atoms with Gasteiger partial charge in [-0.05, 0) is 24.7 Å². The lowest BCUT2D eigenvalue weighted by molar-refractivity contribution is -0.140. The first kappa shape index (κ1) is 19.0. The summed E-state index contributed by atoms with van der Waals surface area (Å²) in [5.74, 6) is -2.02. The van der Waals surface area contributed by atoms with Gasteiger partial charge in [-0.2, -0.15) is 0 Å². The van der Waals surface area contributed by atoms with Gasteiger partial charge >= 0.3 is 11.9 Å². The number of carboxylic acid groups (broad SMARTS) is 2. The zero-order chi connectivity index (χ0) is 17.6. The molecule has 0 aromatic carbocycles. The van der Waals surface area contributed by atoms with E-state index in [2.05, 4.69) is 10.3 Å². The van der Waals surface area contributed by atoms with Crippen molar-refractivity contribution in [3.8, 4) is 0 Å². The van der Waals surface area contributed by atoms with Gasteiger partial charge in [0.15, 0.2) is 5.76 Å². The molecular weight excluding hydrogens is 304 g/mol. The molecule has 0 spiro atoms. The molecule has 0 bridgehead atoms. The number of allylic oxidation sites excluding steroid dienone is 2. The first-order valence-electron chi connectivity index (χ1n) is 7.42. The highest BCUT2D eigenvalue weighted by atomic mass is 16.5. The molecule has 2 atom stereocenters. The average molecular weight is 328 g/mol. The number of hydrogen-bond acceptors (Lipinski definition) is 6. The van der Waals surface area contributed by atoms with E-state index >= 15 is 0 Å². The van der Waals surface area contributed by atoms with Gasteiger partial charge in [-0.15, -0.1) is 0 Å². The van der Waals surface area contributed by atoms with Crippen LogP contribution in [-0.4, -0.2) is 59.3 Å². The molecule has 8 heteroatoms. The third-order valence-corrected chi connectivity index (χ3v) is 3.64. The van der Waals surface area contributed by atoms with Gasteiger partial charge in [0.2, 0.25) is 0 Å². The number of methoxy groups -OCH3 is 1. The standard InChI is InChI=1S/C15H24N2O6/c1-8(2)13(15(21)22)17-11-5-9(7-18)4-10(14(11)23-3)16-6-12(19)20/h8-9,13,17-18H,4-7H2,1-3H3,(H,19,20)(H,21,22). The summed E-state index contributed by atoms with van der Waals surface area (Å²) < 4.78 is 5.32. The Labute approximate surface area is 134 Å². The minimum atomic E-state index is -1.07. The van der Waals surface area contributed by atoms with Crippen LogP contribution < -0.4 is 5.32 Å². The van der Waals surface area contributed by atoms with E-state index in [-0.39, 0.29) is 18.4 Å². The molecule has 2 unspecified atom stereocenters. The molecule has 0 radical (unpaired) electrons. The molecule has 23 heavy (non-hydrogen) atoms. The van der Waals surface area contributed by atoms with Gasteiger partial charge in [0.25, 0.3) is 0 Å². The Hall–Kier alpha value is -2.09.